The van der Waals surface area contributed by atoms with Crippen LogP contribution in [0.3, 0.4) is 0 Å². The first-order valence-electron chi connectivity index (χ1n) is 10.1. The van der Waals surface area contributed by atoms with E-state index in [0.29, 0.717) is 6.04 Å². The Hall–Kier alpha value is -1.70. The number of hydrogen-bond donors (Lipinski definition) is 0. The van der Waals surface area contributed by atoms with Gasteiger partial charge in [0.15, 0.2) is 5.16 Å². The molecule has 7 heteroatoms. The predicted molar refractivity (Wildman–Crippen MR) is 115 cm³/mol. The third-order valence-electron chi connectivity index (χ3n) is 5.86. The molecule has 6 nitrogen and oxygen atoms in total. The Kier molecular flexibility index (Phi) is 6.13. The van der Waals surface area contributed by atoms with Gasteiger partial charge in [0, 0.05) is 45.0 Å². The van der Waals surface area contributed by atoms with Crippen LogP contribution in [0.4, 0.5) is 5.82 Å². The lowest BCUT2D eigenvalue weighted by atomic mass is 9.91. The van der Waals surface area contributed by atoms with Crippen molar-refractivity contribution in [3.8, 4) is 0 Å². The summed E-state index contributed by atoms with van der Waals surface area (Å²) in [6.45, 7) is 5.03. The minimum absolute atomic E-state index is 0.365. The van der Waals surface area contributed by atoms with Gasteiger partial charge in [0.1, 0.15) is 5.82 Å². The highest BCUT2D eigenvalue weighted by molar-refractivity contribution is 7.98. The molecule has 1 saturated heterocycles. The molecule has 28 heavy (non-hydrogen) atoms. The van der Waals surface area contributed by atoms with E-state index in [-0.39, 0.29) is 0 Å². The molecular weight excluding hydrogens is 368 g/mol. The second kappa shape index (κ2) is 8.76. The van der Waals surface area contributed by atoms with E-state index in [1.54, 1.807) is 11.8 Å². The van der Waals surface area contributed by atoms with Crippen LogP contribution < -0.4 is 4.90 Å². The van der Waals surface area contributed by atoms with Crippen molar-refractivity contribution in [2.24, 2.45) is 0 Å². The highest BCUT2D eigenvalue weighted by Gasteiger charge is 2.25. The number of aryl methyl sites for hydroxylation is 1. The fraction of sp³-hybridized carbons (Fsp3) is 0.571. The molecule has 1 atom stereocenters. The Bertz CT molecular complexity index is 805. The molecule has 150 valence electrons. The van der Waals surface area contributed by atoms with Crippen LogP contribution in [0, 0.1) is 0 Å². The molecule has 1 aliphatic carbocycles. The average molecular weight is 399 g/mol. The highest BCUT2D eigenvalue weighted by Crippen LogP contribution is 2.33. The van der Waals surface area contributed by atoms with E-state index in [2.05, 4.69) is 53.2 Å². The summed E-state index contributed by atoms with van der Waals surface area (Å²) in [5, 5.41) is 0.863. The van der Waals surface area contributed by atoms with Crippen LogP contribution in [0.5, 0.6) is 0 Å². The van der Waals surface area contributed by atoms with Gasteiger partial charge in [0.25, 0.3) is 0 Å². The molecule has 1 unspecified atom stereocenters. The van der Waals surface area contributed by atoms with Gasteiger partial charge >= 0.3 is 0 Å². The Morgan fingerprint density at radius 3 is 2.82 bits per heavy atom. The Morgan fingerprint density at radius 1 is 1.21 bits per heavy atom. The van der Waals surface area contributed by atoms with Crippen LogP contribution >= 0.6 is 11.8 Å². The van der Waals surface area contributed by atoms with Crippen molar-refractivity contribution in [3.05, 3.63) is 41.3 Å². The van der Waals surface area contributed by atoms with Crippen LogP contribution in [-0.4, -0.2) is 71.3 Å². The largest absolute Gasteiger partial charge is 0.354 e. The molecule has 0 amide bonds. The van der Waals surface area contributed by atoms with Crippen molar-refractivity contribution in [1.29, 1.82) is 0 Å². The number of rotatable bonds is 5. The third kappa shape index (κ3) is 4.31. The molecule has 2 aliphatic rings. The van der Waals surface area contributed by atoms with Crippen LogP contribution in [0.15, 0.2) is 29.6 Å². The zero-order valence-electron chi connectivity index (χ0n) is 17.1. The van der Waals surface area contributed by atoms with Crippen LogP contribution in [0.1, 0.15) is 35.8 Å². The summed E-state index contributed by atoms with van der Waals surface area (Å²) >= 11 is 1.62. The molecule has 0 saturated carbocycles. The van der Waals surface area contributed by atoms with Crippen molar-refractivity contribution >= 4 is 17.6 Å². The summed E-state index contributed by atoms with van der Waals surface area (Å²) in [5.41, 5.74) is 3.74. The summed E-state index contributed by atoms with van der Waals surface area (Å²) in [7, 11) is 4.38. The van der Waals surface area contributed by atoms with E-state index >= 15 is 0 Å². The Labute approximate surface area is 172 Å². The van der Waals surface area contributed by atoms with E-state index in [1.807, 2.05) is 6.20 Å². The molecule has 1 fully saturated rings. The molecule has 2 aromatic heterocycles. The second-order valence-corrected chi connectivity index (χ2v) is 8.64. The smallest absolute Gasteiger partial charge is 0.189 e. The topological polar surface area (TPSA) is 48.4 Å². The van der Waals surface area contributed by atoms with Crippen molar-refractivity contribution in [2.75, 3.05) is 51.4 Å². The lowest BCUT2D eigenvalue weighted by Gasteiger charge is -2.34. The van der Waals surface area contributed by atoms with Gasteiger partial charge in [0.2, 0.25) is 0 Å². The first-order valence-corrected chi connectivity index (χ1v) is 11.4. The van der Waals surface area contributed by atoms with E-state index in [0.717, 1.165) is 62.2 Å². The number of aromatic nitrogens is 3. The Morgan fingerprint density at radius 2 is 2.04 bits per heavy atom. The summed E-state index contributed by atoms with van der Waals surface area (Å²) < 4.78 is 0. The minimum Gasteiger partial charge on any atom is -0.354 e. The fourth-order valence-electron chi connectivity index (χ4n) is 4.21. The molecule has 1 aliphatic heterocycles. The highest BCUT2D eigenvalue weighted by atomic mass is 32.2. The maximum Gasteiger partial charge on any atom is 0.189 e. The zero-order chi connectivity index (χ0) is 19.5. The standard InChI is InChI=1S/C21H30N6S/c1-25-10-12-27(13-11-25)19-14-17(23-21(24-19)28-3)15-26(2)18-8-4-6-16-7-5-9-22-20(16)18/h5,7,9,14,18H,4,6,8,10-13,15H2,1-3H3. The molecule has 3 heterocycles. The first kappa shape index (κ1) is 19.6. The molecule has 0 N–H and O–H groups in total. The van der Waals surface area contributed by atoms with Gasteiger partial charge < -0.3 is 9.80 Å². The number of anilines is 1. The maximum atomic E-state index is 4.81. The van der Waals surface area contributed by atoms with Gasteiger partial charge in [-0.05, 0) is 51.2 Å². The lowest BCUT2D eigenvalue weighted by molar-refractivity contribution is 0.205. The number of fused-ring (bicyclic) bond motifs is 1. The van der Waals surface area contributed by atoms with E-state index in [4.69, 9.17) is 15.0 Å². The normalized spacial score (nSPS) is 20.4. The molecular formula is C21H30N6S. The minimum atomic E-state index is 0.365. The average Bonchev–Trinajstić information content (AvgIpc) is 2.73. The molecule has 0 aromatic carbocycles. The molecule has 0 radical (unpaired) electrons. The number of pyridine rings is 1. The summed E-state index contributed by atoms with van der Waals surface area (Å²) in [6, 6.07) is 6.83. The maximum absolute atomic E-state index is 4.81. The monoisotopic (exact) mass is 398 g/mol. The second-order valence-electron chi connectivity index (χ2n) is 7.87. The van der Waals surface area contributed by atoms with Crippen LogP contribution in [0.25, 0.3) is 0 Å². The van der Waals surface area contributed by atoms with Gasteiger partial charge in [0.05, 0.1) is 17.4 Å². The predicted octanol–water partition coefficient (Wildman–Crippen LogP) is 2.85. The SMILES string of the molecule is CSc1nc(CN(C)C2CCCc3cccnc32)cc(N2CCN(C)CC2)n1. The summed E-state index contributed by atoms with van der Waals surface area (Å²) in [5.74, 6) is 1.07. The van der Waals surface area contributed by atoms with Crippen molar-refractivity contribution in [1.82, 2.24) is 24.8 Å². The zero-order valence-corrected chi connectivity index (χ0v) is 18.0. The van der Waals surface area contributed by atoms with Gasteiger partial charge in [-0.1, -0.05) is 17.8 Å². The van der Waals surface area contributed by atoms with Crippen LogP contribution in [0.2, 0.25) is 0 Å². The summed E-state index contributed by atoms with van der Waals surface area (Å²) in [6.07, 6.45) is 7.50. The van der Waals surface area contributed by atoms with Crippen molar-refractivity contribution in [2.45, 2.75) is 37.0 Å². The number of hydrogen-bond acceptors (Lipinski definition) is 7. The Balaban J connectivity index is 1.53. The fourth-order valence-corrected chi connectivity index (χ4v) is 4.60. The number of nitrogens with zero attached hydrogens (tertiary/aromatic N) is 6. The number of thioether (sulfide) groups is 1. The number of likely N-dealkylation sites (N-methyl/N-ethyl adjacent to an activating group) is 1. The van der Waals surface area contributed by atoms with Crippen LogP contribution in [-0.2, 0) is 13.0 Å². The van der Waals surface area contributed by atoms with Crippen molar-refractivity contribution in [3.63, 3.8) is 0 Å². The van der Waals surface area contributed by atoms with E-state index in [1.165, 1.54) is 17.7 Å². The molecule has 0 bridgehead atoms. The molecule has 4 rings (SSSR count). The molecule has 2 aromatic rings. The van der Waals surface area contributed by atoms with Gasteiger partial charge in [-0.25, -0.2) is 9.97 Å². The summed E-state index contributed by atoms with van der Waals surface area (Å²) in [4.78, 5) is 21.5. The quantitative estimate of drug-likeness (QED) is 0.567. The van der Waals surface area contributed by atoms with Gasteiger partial charge in [-0.2, -0.15) is 0 Å². The molecule has 0 spiro atoms. The first-order chi connectivity index (χ1) is 13.6. The van der Waals surface area contributed by atoms with Gasteiger partial charge in [-0.3, -0.25) is 9.88 Å². The third-order valence-corrected chi connectivity index (χ3v) is 6.41. The van der Waals surface area contributed by atoms with Crippen molar-refractivity contribution < 1.29 is 0 Å². The number of piperazine rings is 1. The lowest BCUT2D eigenvalue weighted by Crippen LogP contribution is -2.45. The van der Waals surface area contributed by atoms with Gasteiger partial charge in [-0.15, -0.1) is 0 Å². The van der Waals surface area contributed by atoms with E-state index < -0.39 is 0 Å². The van der Waals surface area contributed by atoms with E-state index in [9.17, 15) is 0 Å².